The molecule has 28 heavy (non-hydrogen) atoms. The van der Waals surface area contributed by atoms with Crippen molar-refractivity contribution in [3.05, 3.63) is 48.0 Å². The van der Waals surface area contributed by atoms with E-state index in [2.05, 4.69) is 21.2 Å². The molecule has 150 valence electrons. The minimum absolute atomic E-state index is 0.0212. The van der Waals surface area contributed by atoms with Gasteiger partial charge in [-0.25, -0.2) is 0 Å². The van der Waals surface area contributed by atoms with Crippen LogP contribution in [-0.4, -0.2) is 57.2 Å². The van der Waals surface area contributed by atoms with Crippen molar-refractivity contribution in [2.75, 3.05) is 56.7 Å². The molecular formula is C22H29N3O3. The van der Waals surface area contributed by atoms with Gasteiger partial charge in [-0.3, -0.25) is 9.69 Å². The van der Waals surface area contributed by atoms with Gasteiger partial charge in [0.25, 0.3) is 0 Å². The highest BCUT2D eigenvalue weighted by Gasteiger charge is 2.21. The molecule has 2 aromatic rings. The summed E-state index contributed by atoms with van der Waals surface area (Å²) in [5.74, 6) is 1.58. The van der Waals surface area contributed by atoms with E-state index in [0.29, 0.717) is 18.9 Å². The first-order valence-electron chi connectivity index (χ1n) is 9.74. The molecule has 1 fully saturated rings. The number of hydrogen-bond acceptors (Lipinski definition) is 5. The van der Waals surface area contributed by atoms with Crippen LogP contribution in [0.3, 0.4) is 0 Å². The van der Waals surface area contributed by atoms with Crippen molar-refractivity contribution < 1.29 is 14.3 Å². The number of carbonyl (C=O) groups is 1. The number of anilines is 2. The molecule has 6 nitrogen and oxygen atoms in total. The van der Waals surface area contributed by atoms with Gasteiger partial charge < -0.3 is 19.7 Å². The van der Waals surface area contributed by atoms with Gasteiger partial charge >= 0.3 is 0 Å². The summed E-state index contributed by atoms with van der Waals surface area (Å²) in [4.78, 5) is 17.0. The van der Waals surface area contributed by atoms with Gasteiger partial charge in [0.2, 0.25) is 5.91 Å². The van der Waals surface area contributed by atoms with Crippen molar-refractivity contribution in [1.29, 1.82) is 0 Å². The highest BCUT2D eigenvalue weighted by Crippen LogP contribution is 2.29. The number of aryl methyl sites for hydroxylation is 1. The number of ether oxygens (including phenoxy) is 2. The summed E-state index contributed by atoms with van der Waals surface area (Å²) < 4.78 is 11.1. The normalized spacial score (nSPS) is 14.6. The molecule has 1 aliphatic rings. The zero-order valence-electron chi connectivity index (χ0n) is 16.9. The Morgan fingerprint density at radius 1 is 1.07 bits per heavy atom. The standard InChI is InChI=1S/C22H29N3O3/c1-4-28-21-8-6-5-7-19(21)25-13-11-24(12-14-25)16-22(26)23-18-15-17(2)9-10-20(18)27-3/h5-10,15H,4,11-14,16H2,1-3H3,(H,23,26). The van der Waals surface area contributed by atoms with Crippen molar-refractivity contribution in [2.24, 2.45) is 0 Å². The molecule has 0 saturated carbocycles. The van der Waals surface area contributed by atoms with Gasteiger partial charge in [0, 0.05) is 26.2 Å². The van der Waals surface area contributed by atoms with E-state index >= 15 is 0 Å². The summed E-state index contributed by atoms with van der Waals surface area (Å²) in [5, 5.41) is 2.98. The first-order chi connectivity index (χ1) is 13.6. The zero-order valence-corrected chi connectivity index (χ0v) is 16.9. The maximum atomic E-state index is 12.5. The predicted molar refractivity (Wildman–Crippen MR) is 113 cm³/mol. The molecule has 3 rings (SSSR count). The molecule has 0 spiro atoms. The fraction of sp³-hybridized carbons (Fsp3) is 0.409. The Hall–Kier alpha value is -2.73. The first-order valence-corrected chi connectivity index (χ1v) is 9.74. The summed E-state index contributed by atoms with van der Waals surface area (Å²) in [6.45, 7) is 8.41. The van der Waals surface area contributed by atoms with Crippen molar-refractivity contribution in [3.63, 3.8) is 0 Å². The summed E-state index contributed by atoms with van der Waals surface area (Å²) in [7, 11) is 1.61. The van der Waals surface area contributed by atoms with E-state index in [4.69, 9.17) is 9.47 Å². The third kappa shape index (κ3) is 4.95. The summed E-state index contributed by atoms with van der Waals surface area (Å²) in [5.41, 5.74) is 2.92. The quantitative estimate of drug-likeness (QED) is 0.796. The number of methoxy groups -OCH3 is 1. The molecule has 0 bridgehead atoms. The highest BCUT2D eigenvalue weighted by molar-refractivity contribution is 5.93. The summed E-state index contributed by atoms with van der Waals surface area (Å²) >= 11 is 0. The van der Waals surface area contributed by atoms with Crippen molar-refractivity contribution in [3.8, 4) is 11.5 Å². The Morgan fingerprint density at radius 3 is 2.54 bits per heavy atom. The smallest absolute Gasteiger partial charge is 0.238 e. The molecule has 0 aliphatic carbocycles. The topological polar surface area (TPSA) is 54.0 Å². The largest absolute Gasteiger partial charge is 0.495 e. The Kier molecular flexibility index (Phi) is 6.76. The third-order valence-corrected chi connectivity index (χ3v) is 4.87. The SMILES string of the molecule is CCOc1ccccc1N1CCN(CC(=O)Nc2cc(C)ccc2OC)CC1. The van der Waals surface area contributed by atoms with Gasteiger partial charge in [0.15, 0.2) is 0 Å². The average Bonchev–Trinajstić information content (AvgIpc) is 2.69. The fourth-order valence-corrected chi connectivity index (χ4v) is 3.46. The van der Waals surface area contributed by atoms with Gasteiger partial charge in [-0.2, -0.15) is 0 Å². The van der Waals surface area contributed by atoms with Gasteiger partial charge in [-0.1, -0.05) is 18.2 Å². The minimum Gasteiger partial charge on any atom is -0.495 e. The second-order valence-corrected chi connectivity index (χ2v) is 6.92. The second kappa shape index (κ2) is 9.46. The summed E-state index contributed by atoms with van der Waals surface area (Å²) in [6, 6.07) is 13.9. The van der Waals surface area contributed by atoms with Gasteiger partial charge in [-0.15, -0.1) is 0 Å². The van der Waals surface area contributed by atoms with E-state index in [-0.39, 0.29) is 5.91 Å². The lowest BCUT2D eigenvalue weighted by molar-refractivity contribution is -0.117. The van der Waals surface area contributed by atoms with Crippen LogP contribution in [0.5, 0.6) is 11.5 Å². The molecule has 1 N–H and O–H groups in total. The van der Waals surface area contributed by atoms with Crippen LogP contribution in [0.15, 0.2) is 42.5 Å². The monoisotopic (exact) mass is 383 g/mol. The van der Waals surface area contributed by atoms with Crippen LogP contribution < -0.4 is 19.7 Å². The Balaban J connectivity index is 1.55. The molecule has 1 saturated heterocycles. The van der Waals surface area contributed by atoms with Crippen molar-refractivity contribution in [1.82, 2.24) is 4.90 Å². The van der Waals surface area contributed by atoms with Crippen LogP contribution in [0.1, 0.15) is 12.5 Å². The van der Waals surface area contributed by atoms with Gasteiger partial charge in [-0.05, 0) is 43.7 Å². The van der Waals surface area contributed by atoms with E-state index < -0.39 is 0 Å². The van der Waals surface area contributed by atoms with Crippen LogP contribution in [0.2, 0.25) is 0 Å². The van der Waals surface area contributed by atoms with E-state index in [0.717, 1.165) is 48.9 Å². The van der Waals surface area contributed by atoms with Crippen molar-refractivity contribution in [2.45, 2.75) is 13.8 Å². The maximum Gasteiger partial charge on any atom is 0.238 e. The number of amides is 1. The molecule has 0 unspecified atom stereocenters. The lowest BCUT2D eigenvalue weighted by Gasteiger charge is -2.36. The van der Waals surface area contributed by atoms with Gasteiger partial charge in [0.05, 0.1) is 31.6 Å². The Morgan fingerprint density at radius 2 is 1.82 bits per heavy atom. The first kappa shape index (κ1) is 20.0. The lowest BCUT2D eigenvalue weighted by Crippen LogP contribution is -2.48. The molecule has 2 aromatic carbocycles. The Labute approximate surface area is 167 Å². The van der Waals surface area contributed by atoms with E-state index in [1.54, 1.807) is 7.11 Å². The number of nitrogens with zero attached hydrogens (tertiary/aromatic N) is 2. The molecule has 0 aromatic heterocycles. The number of nitrogens with one attached hydrogen (secondary N) is 1. The number of para-hydroxylation sites is 2. The van der Waals surface area contributed by atoms with Crippen LogP contribution >= 0.6 is 0 Å². The van der Waals surface area contributed by atoms with Crippen molar-refractivity contribution >= 4 is 17.3 Å². The summed E-state index contributed by atoms with van der Waals surface area (Å²) in [6.07, 6.45) is 0. The molecular weight excluding hydrogens is 354 g/mol. The number of piperazine rings is 1. The molecule has 0 radical (unpaired) electrons. The minimum atomic E-state index is -0.0212. The lowest BCUT2D eigenvalue weighted by atomic mass is 10.2. The van der Waals surface area contributed by atoms with E-state index in [1.807, 2.05) is 50.2 Å². The molecule has 0 atom stereocenters. The number of carbonyl (C=O) groups excluding carboxylic acids is 1. The van der Waals surface area contributed by atoms with E-state index in [9.17, 15) is 4.79 Å². The Bertz CT molecular complexity index is 801. The van der Waals surface area contributed by atoms with Crippen LogP contribution in [0, 0.1) is 6.92 Å². The van der Waals surface area contributed by atoms with Crippen LogP contribution in [0.4, 0.5) is 11.4 Å². The average molecular weight is 383 g/mol. The van der Waals surface area contributed by atoms with Gasteiger partial charge in [0.1, 0.15) is 11.5 Å². The van der Waals surface area contributed by atoms with Crippen LogP contribution in [-0.2, 0) is 4.79 Å². The molecule has 6 heteroatoms. The molecule has 1 aliphatic heterocycles. The fourth-order valence-electron chi connectivity index (χ4n) is 3.46. The molecule has 1 amide bonds. The van der Waals surface area contributed by atoms with Crippen LogP contribution in [0.25, 0.3) is 0 Å². The maximum absolute atomic E-state index is 12.5. The van der Waals surface area contributed by atoms with E-state index in [1.165, 1.54) is 0 Å². The predicted octanol–water partition coefficient (Wildman–Crippen LogP) is 3.16. The number of rotatable bonds is 7. The highest BCUT2D eigenvalue weighted by atomic mass is 16.5. The molecule has 1 heterocycles. The zero-order chi connectivity index (χ0) is 19.9. The number of benzene rings is 2. The third-order valence-electron chi connectivity index (χ3n) is 4.87. The second-order valence-electron chi connectivity index (χ2n) is 6.92. The number of hydrogen-bond donors (Lipinski definition) is 1.